The normalized spacial score (nSPS) is 10.5. The van der Waals surface area contributed by atoms with Gasteiger partial charge in [-0.2, -0.15) is 10.4 Å². The fourth-order valence-electron chi connectivity index (χ4n) is 2.60. The average Bonchev–Trinajstić information content (AvgIpc) is 2.67. The van der Waals surface area contributed by atoms with Crippen LogP contribution in [0.1, 0.15) is 17.5 Å². The number of H-pyrrole nitrogens is 1. The van der Waals surface area contributed by atoms with Crippen molar-refractivity contribution in [1.82, 2.24) is 15.5 Å². The van der Waals surface area contributed by atoms with Gasteiger partial charge in [0.15, 0.2) is 5.82 Å². The Labute approximate surface area is 145 Å². The van der Waals surface area contributed by atoms with Crippen molar-refractivity contribution in [2.75, 3.05) is 18.4 Å². The standard InChI is InChI=1S/C19H19N5O/c20-12-14-6-8-15(9-7-14)13-21-10-3-11-22-18-16-4-1-2-5-17(16)19(25)24-23-18/h1-2,4-9,21H,3,10-11,13H2,(H,22,23)(H,24,25). The molecule has 1 aromatic heterocycles. The van der Waals surface area contributed by atoms with Gasteiger partial charge < -0.3 is 10.6 Å². The van der Waals surface area contributed by atoms with E-state index in [-0.39, 0.29) is 5.56 Å². The monoisotopic (exact) mass is 333 g/mol. The molecule has 3 aromatic rings. The van der Waals surface area contributed by atoms with Crippen LogP contribution in [0.5, 0.6) is 0 Å². The van der Waals surface area contributed by atoms with Gasteiger partial charge >= 0.3 is 0 Å². The molecule has 0 spiro atoms. The zero-order valence-corrected chi connectivity index (χ0v) is 13.7. The molecule has 25 heavy (non-hydrogen) atoms. The van der Waals surface area contributed by atoms with Gasteiger partial charge in [0.05, 0.1) is 17.0 Å². The lowest BCUT2D eigenvalue weighted by Crippen LogP contribution is -2.18. The van der Waals surface area contributed by atoms with Crippen LogP contribution in [0.25, 0.3) is 10.8 Å². The highest BCUT2D eigenvalue weighted by Gasteiger charge is 2.04. The Morgan fingerprint density at radius 3 is 2.56 bits per heavy atom. The third kappa shape index (κ3) is 4.22. The summed E-state index contributed by atoms with van der Waals surface area (Å²) in [6.45, 7) is 2.38. The van der Waals surface area contributed by atoms with Gasteiger partial charge in [-0.3, -0.25) is 4.79 Å². The molecule has 0 saturated carbocycles. The molecule has 0 unspecified atom stereocenters. The first-order valence-corrected chi connectivity index (χ1v) is 8.19. The molecule has 0 aliphatic rings. The Kier molecular flexibility index (Phi) is 5.39. The minimum Gasteiger partial charge on any atom is -0.368 e. The molecule has 6 heteroatoms. The maximum absolute atomic E-state index is 11.7. The number of nitrogens with one attached hydrogen (secondary N) is 3. The molecule has 3 N–H and O–H groups in total. The van der Waals surface area contributed by atoms with Crippen molar-refractivity contribution in [3.63, 3.8) is 0 Å². The molecule has 0 fully saturated rings. The van der Waals surface area contributed by atoms with Crippen molar-refractivity contribution >= 4 is 16.6 Å². The average molecular weight is 333 g/mol. The second-order valence-corrected chi connectivity index (χ2v) is 5.71. The fourth-order valence-corrected chi connectivity index (χ4v) is 2.60. The highest BCUT2D eigenvalue weighted by atomic mass is 16.1. The predicted octanol–water partition coefficient (Wildman–Crippen LogP) is 2.39. The van der Waals surface area contributed by atoms with Crippen LogP contribution >= 0.6 is 0 Å². The summed E-state index contributed by atoms with van der Waals surface area (Å²) in [6, 6.07) is 17.1. The lowest BCUT2D eigenvalue weighted by molar-refractivity contribution is 0.662. The molecule has 6 nitrogen and oxygen atoms in total. The van der Waals surface area contributed by atoms with Crippen molar-refractivity contribution in [3.05, 3.63) is 70.0 Å². The van der Waals surface area contributed by atoms with Crippen LogP contribution in [0.4, 0.5) is 5.82 Å². The molecule has 0 aliphatic carbocycles. The molecule has 0 atom stereocenters. The molecule has 0 saturated heterocycles. The molecule has 0 amide bonds. The van der Waals surface area contributed by atoms with E-state index in [1.807, 2.05) is 42.5 Å². The largest absolute Gasteiger partial charge is 0.368 e. The van der Waals surface area contributed by atoms with Crippen LogP contribution in [0.2, 0.25) is 0 Å². The highest BCUT2D eigenvalue weighted by Crippen LogP contribution is 2.16. The lowest BCUT2D eigenvalue weighted by Gasteiger charge is -2.09. The van der Waals surface area contributed by atoms with E-state index in [2.05, 4.69) is 26.9 Å². The number of nitrogens with zero attached hydrogens (tertiary/aromatic N) is 2. The van der Waals surface area contributed by atoms with Crippen LogP contribution in [0.15, 0.2) is 53.3 Å². The molecular weight excluding hydrogens is 314 g/mol. The summed E-state index contributed by atoms with van der Waals surface area (Å²) in [7, 11) is 0. The van der Waals surface area contributed by atoms with Crippen molar-refractivity contribution in [1.29, 1.82) is 5.26 Å². The number of benzene rings is 2. The SMILES string of the molecule is N#Cc1ccc(CNCCCNc2n[nH]c(=O)c3ccccc23)cc1. The second kappa shape index (κ2) is 8.08. The van der Waals surface area contributed by atoms with Gasteiger partial charge in [-0.15, -0.1) is 0 Å². The predicted molar refractivity (Wildman–Crippen MR) is 98.3 cm³/mol. The van der Waals surface area contributed by atoms with E-state index < -0.39 is 0 Å². The van der Waals surface area contributed by atoms with Crippen LogP contribution in [0, 0.1) is 11.3 Å². The molecule has 0 bridgehead atoms. The Morgan fingerprint density at radius 1 is 1.04 bits per heavy atom. The van der Waals surface area contributed by atoms with E-state index in [0.717, 1.165) is 37.0 Å². The van der Waals surface area contributed by atoms with Crippen molar-refractivity contribution < 1.29 is 0 Å². The summed E-state index contributed by atoms with van der Waals surface area (Å²) in [5, 5.41) is 23.5. The highest BCUT2D eigenvalue weighted by molar-refractivity contribution is 5.90. The van der Waals surface area contributed by atoms with Gasteiger partial charge in [-0.05, 0) is 36.7 Å². The van der Waals surface area contributed by atoms with Gasteiger partial charge in [0.1, 0.15) is 0 Å². The van der Waals surface area contributed by atoms with Crippen molar-refractivity contribution in [2.45, 2.75) is 13.0 Å². The van der Waals surface area contributed by atoms with Gasteiger partial charge in [0, 0.05) is 18.5 Å². The van der Waals surface area contributed by atoms with Crippen LogP contribution in [-0.4, -0.2) is 23.3 Å². The van der Waals surface area contributed by atoms with Crippen molar-refractivity contribution in [2.24, 2.45) is 0 Å². The molecule has 0 aliphatic heterocycles. The quantitative estimate of drug-likeness (QED) is 0.577. The Balaban J connectivity index is 1.45. The van der Waals surface area contributed by atoms with E-state index in [0.29, 0.717) is 16.8 Å². The first-order chi connectivity index (χ1) is 12.3. The third-order valence-corrected chi connectivity index (χ3v) is 3.93. The number of rotatable bonds is 7. The van der Waals surface area contributed by atoms with Crippen molar-refractivity contribution in [3.8, 4) is 6.07 Å². The topological polar surface area (TPSA) is 93.6 Å². The summed E-state index contributed by atoms with van der Waals surface area (Å²) >= 11 is 0. The number of aromatic amines is 1. The number of anilines is 1. The zero-order chi connectivity index (χ0) is 17.5. The first kappa shape index (κ1) is 16.7. The van der Waals surface area contributed by atoms with E-state index in [1.165, 1.54) is 0 Å². The van der Waals surface area contributed by atoms with Crippen LogP contribution < -0.4 is 16.2 Å². The van der Waals surface area contributed by atoms with Gasteiger partial charge in [-0.1, -0.05) is 30.3 Å². The summed E-state index contributed by atoms with van der Waals surface area (Å²) in [6.07, 6.45) is 0.922. The Bertz CT molecular complexity index is 940. The number of hydrogen-bond donors (Lipinski definition) is 3. The van der Waals surface area contributed by atoms with E-state index in [1.54, 1.807) is 6.07 Å². The second-order valence-electron chi connectivity index (χ2n) is 5.71. The van der Waals surface area contributed by atoms with Gasteiger partial charge in [0.25, 0.3) is 5.56 Å². The molecule has 1 heterocycles. The molecule has 0 radical (unpaired) electrons. The number of fused-ring (bicyclic) bond motifs is 1. The fraction of sp³-hybridized carbons (Fsp3) is 0.211. The maximum atomic E-state index is 11.7. The van der Waals surface area contributed by atoms with Crippen LogP contribution in [0.3, 0.4) is 0 Å². The summed E-state index contributed by atoms with van der Waals surface area (Å²) in [5.74, 6) is 0.697. The maximum Gasteiger partial charge on any atom is 0.272 e. The Hall–Kier alpha value is -3.17. The minimum absolute atomic E-state index is 0.176. The summed E-state index contributed by atoms with van der Waals surface area (Å²) < 4.78 is 0. The molecule has 3 rings (SSSR count). The first-order valence-electron chi connectivity index (χ1n) is 8.19. The molecule has 126 valence electrons. The molecule has 2 aromatic carbocycles. The van der Waals surface area contributed by atoms with E-state index in [4.69, 9.17) is 5.26 Å². The van der Waals surface area contributed by atoms with E-state index in [9.17, 15) is 4.79 Å². The minimum atomic E-state index is -0.176. The van der Waals surface area contributed by atoms with E-state index >= 15 is 0 Å². The number of hydrogen-bond acceptors (Lipinski definition) is 5. The third-order valence-electron chi connectivity index (χ3n) is 3.93. The summed E-state index contributed by atoms with van der Waals surface area (Å²) in [5.41, 5.74) is 1.65. The van der Waals surface area contributed by atoms with Gasteiger partial charge in [0.2, 0.25) is 0 Å². The smallest absolute Gasteiger partial charge is 0.272 e. The number of aromatic nitrogens is 2. The van der Waals surface area contributed by atoms with Gasteiger partial charge in [-0.25, -0.2) is 5.10 Å². The van der Waals surface area contributed by atoms with Crippen LogP contribution in [-0.2, 0) is 6.54 Å². The summed E-state index contributed by atoms with van der Waals surface area (Å²) in [4.78, 5) is 11.7. The molecular formula is C19H19N5O. The Morgan fingerprint density at radius 2 is 1.80 bits per heavy atom. The number of nitriles is 1. The lowest BCUT2D eigenvalue weighted by atomic mass is 10.1. The zero-order valence-electron chi connectivity index (χ0n) is 13.7.